The van der Waals surface area contributed by atoms with Crippen molar-refractivity contribution in [1.29, 1.82) is 0 Å². The van der Waals surface area contributed by atoms with Gasteiger partial charge in [0.25, 0.3) is 5.91 Å². The number of hydrogen-bond donors (Lipinski definition) is 1. The molecule has 1 N–H and O–H groups in total. The summed E-state index contributed by atoms with van der Waals surface area (Å²) in [6.07, 6.45) is 0.483. The van der Waals surface area contributed by atoms with Crippen LogP contribution in [0.3, 0.4) is 0 Å². The fraction of sp³-hybridized carbons (Fsp3) is 0.467. The van der Waals surface area contributed by atoms with Gasteiger partial charge < -0.3 is 9.32 Å². The molecule has 2 aromatic heterocycles. The topological polar surface area (TPSA) is 96.3 Å². The third-order valence-electron chi connectivity index (χ3n) is 4.05. The average molecular weight is 337 g/mol. The Balaban J connectivity index is 1.80. The number of carbonyl (C=O) groups excluding carboxylic acids is 1. The predicted octanol–water partition coefficient (Wildman–Crippen LogP) is 1.63. The van der Waals surface area contributed by atoms with Gasteiger partial charge >= 0.3 is 0 Å². The summed E-state index contributed by atoms with van der Waals surface area (Å²) in [4.78, 5) is 14.2. The number of aromatic amines is 1. The van der Waals surface area contributed by atoms with Crippen molar-refractivity contribution in [2.24, 2.45) is 0 Å². The highest BCUT2D eigenvalue weighted by atomic mass is 32.2. The molecular weight excluding hydrogens is 318 g/mol. The van der Waals surface area contributed by atoms with Crippen LogP contribution in [0.4, 0.5) is 0 Å². The molecule has 1 saturated heterocycles. The van der Waals surface area contributed by atoms with E-state index in [-0.39, 0.29) is 29.1 Å². The molecule has 3 rings (SSSR count). The lowest BCUT2D eigenvalue weighted by molar-refractivity contribution is 0.0702. The van der Waals surface area contributed by atoms with Crippen LogP contribution in [-0.2, 0) is 9.84 Å². The quantitative estimate of drug-likeness (QED) is 0.914. The Hall–Kier alpha value is -2.09. The largest absolute Gasteiger partial charge is 0.460 e. The van der Waals surface area contributed by atoms with Crippen LogP contribution in [0.5, 0.6) is 0 Å². The van der Waals surface area contributed by atoms with Crippen molar-refractivity contribution in [1.82, 2.24) is 15.1 Å². The molecule has 124 valence electrons. The zero-order valence-corrected chi connectivity index (χ0v) is 13.9. The number of nitrogens with zero attached hydrogens (tertiary/aromatic N) is 2. The first-order valence-corrected chi connectivity index (χ1v) is 9.35. The Morgan fingerprint density at radius 1 is 1.48 bits per heavy atom. The van der Waals surface area contributed by atoms with Crippen molar-refractivity contribution < 1.29 is 17.6 Å². The zero-order valence-electron chi connectivity index (χ0n) is 13.1. The van der Waals surface area contributed by atoms with Crippen LogP contribution in [0.1, 0.15) is 29.6 Å². The molecule has 0 aromatic carbocycles. The van der Waals surface area contributed by atoms with Crippen molar-refractivity contribution >= 4 is 15.7 Å². The summed E-state index contributed by atoms with van der Waals surface area (Å²) in [5.41, 5.74) is 0.886. The second kappa shape index (κ2) is 5.84. The molecule has 3 heterocycles. The lowest BCUT2D eigenvalue weighted by Crippen LogP contribution is -2.41. The highest BCUT2D eigenvalue weighted by Gasteiger charge is 2.34. The van der Waals surface area contributed by atoms with Gasteiger partial charge in [-0.1, -0.05) is 0 Å². The Morgan fingerprint density at radius 3 is 2.83 bits per heavy atom. The minimum absolute atomic E-state index is 0.0290. The molecule has 0 bridgehead atoms. The monoisotopic (exact) mass is 337 g/mol. The van der Waals surface area contributed by atoms with Gasteiger partial charge in [0, 0.05) is 18.7 Å². The van der Waals surface area contributed by atoms with Gasteiger partial charge in [-0.05, 0) is 32.4 Å². The minimum atomic E-state index is -3.04. The maximum absolute atomic E-state index is 12.6. The van der Waals surface area contributed by atoms with Crippen molar-refractivity contribution in [2.75, 3.05) is 18.1 Å². The number of aromatic nitrogens is 2. The second-order valence-corrected chi connectivity index (χ2v) is 7.95. The van der Waals surface area contributed by atoms with E-state index in [1.165, 1.54) is 0 Å². The molecule has 0 spiro atoms. The molecule has 8 heteroatoms. The van der Waals surface area contributed by atoms with E-state index >= 15 is 0 Å². The molecule has 1 aliphatic heterocycles. The first-order chi connectivity index (χ1) is 10.9. The first-order valence-electron chi connectivity index (χ1n) is 7.53. The summed E-state index contributed by atoms with van der Waals surface area (Å²) < 4.78 is 28.8. The van der Waals surface area contributed by atoms with Crippen molar-refractivity contribution in [2.45, 2.75) is 26.3 Å². The molecule has 23 heavy (non-hydrogen) atoms. The lowest BCUT2D eigenvalue weighted by Gasteiger charge is -2.25. The molecule has 2 aromatic rings. The van der Waals surface area contributed by atoms with Crippen LogP contribution in [0, 0.1) is 6.92 Å². The van der Waals surface area contributed by atoms with Crippen molar-refractivity contribution in [3.63, 3.8) is 0 Å². The van der Waals surface area contributed by atoms with Gasteiger partial charge in [0.2, 0.25) is 0 Å². The molecule has 1 atom stereocenters. The normalized spacial score (nSPS) is 19.8. The van der Waals surface area contributed by atoms with E-state index in [1.54, 1.807) is 17.0 Å². The fourth-order valence-corrected chi connectivity index (χ4v) is 4.60. The van der Waals surface area contributed by atoms with Crippen LogP contribution in [0.2, 0.25) is 0 Å². The van der Waals surface area contributed by atoms with Crippen molar-refractivity contribution in [3.8, 4) is 11.5 Å². The first kappa shape index (κ1) is 15.8. The van der Waals surface area contributed by atoms with Crippen LogP contribution in [0.15, 0.2) is 22.6 Å². The van der Waals surface area contributed by atoms with E-state index in [2.05, 4.69) is 10.2 Å². The highest BCUT2D eigenvalue weighted by molar-refractivity contribution is 7.91. The molecule has 1 amide bonds. The van der Waals surface area contributed by atoms with Gasteiger partial charge in [-0.15, -0.1) is 0 Å². The van der Waals surface area contributed by atoms with Gasteiger partial charge in [0.15, 0.2) is 21.3 Å². The SMILES string of the molecule is CCN(C(=O)c1cc(-c2ccc(C)o2)[nH]n1)C1CCS(=O)(=O)C1. The van der Waals surface area contributed by atoms with Crippen LogP contribution in [0.25, 0.3) is 11.5 Å². The number of furan rings is 1. The number of rotatable bonds is 4. The van der Waals surface area contributed by atoms with E-state index in [9.17, 15) is 13.2 Å². The Morgan fingerprint density at radius 2 is 2.26 bits per heavy atom. The van der Waals surface area contributed by atoms with Crippen molar-refractivity contribution in [3.05, 3.63) is 29.7 Å². The molecule has 1 fully saturated rings. The maximum Gasteiger partial charge on any atom is 0.274 e. The summed E-state index contributed by atoms with van der Waals surface area (Å²) in [5.74, 6) is 1.29. The van der Waals surface area contributed by atoms with E-state index in [1.807, 2.05) is 19.9 Å². The van der Waals surface area contributed by atoms with E-state index in [0.29, 0.717) is 24.4 Å². The number of nitrogens with one attached hydrogen (secondary N) is 1. The smallest absolute Gasteiger partial charge is 0.274 e. The maximum atomic E-state index is 12.6. The van der Waals surface area contributed by atoms with Crippen LogP contribution in [-0.4, -0.2) is 53.5 Å². The van der Waals surface area contributed by atoms with E-state index < -0.39 is 9.84 Å². The lowest BCUT2D eigenvalue weighted by atomic mass is 10.2. The van der Waals surface area contributed by atoms with Crippen LogP contribution < -0.4 is 0 Å². The summed E-state index contributed by atoms with van der Waals surface area (Å²) >= 11 is 0. The Kier molecular flexibility index (Phi) is 4.01. The number of sulfone groups is 1. The number of carbonyl (C=O) groups is 1. The van der Waals surface area contributed by atoms with Gasteiger partial charge in [-0.2, -0.15) is 5.10 Å². The summed E-state index contributed by atoms with van der Waals surface area (Å²) in [7, 11) is -3.04. The molecule has 1 unspecified atom stereocenters. The third kappa shape index (κ3) is 3.17. The zero-order chi connectivity index (χ0) is 16.6. The van der Waals surface area contributed by atoms with Gasteiger partial charge in [-0.25, -0.2) is 8.42 Å². The summed E-state index contributed by atoms with van der Waals surface area (Å²) in [6, 6.07) is 4.99. The molecule has 0 aliphatic carbocycles. The summed E-state index contributed by atoms with van der Waals surface area (Å²) in [6.45, 7) is 4.12. The summed E-state index contributed by atoms with van der Waals surface area (Å²) in [5, 5.41) is 6.85. The van der Waals surface area contributed by atoms with Gasteiger partial charge in [0.05, 0.1) is 11.5 Å². The standard InChI is InChI=1S/C15H19N3O4S/c1-3-18(11-6-7-23(20,21)9-11)15(19)13-8-12(16-17-13)14-5-4-10(2)22-14/h4-5,8,11H,3,6-7,9H2,1-2H3,(H,16,17). The molecule has 7 nitrogen and oxygen atoms in total. The Bertz CT molecular complexity index is 821. The van der Waals surface area contributed by atoms with Crippen LogP contribution >= 0.6 is 0 Å². The molecule has 0 radical (unpaired) electrons. The number of hydrogen-bond acceptors (Lipinski definition) is 5. The number of H-pyrrole nitrogens is 1. The van der Waals surface area contributed by atoms with E-state index in [4.69, 9.17) is 4.42 Å². The molecule has 1 aliphatic rings. The molecule has 0 saturated carbocycles. The Labute approximate surface area is 134 Å². The van der Waals surface area contributed by atoms with Gasteiger partial charge in [-0.3, -0.25) is 9.89 Å². The number of amides is 1. The third-order valence-corrected chi connectivity index (χ3v) is 5.80. The minimum Gasteiger partial charge on any atom is -0.460 e. The average Bonchev–Trinajstić information content (AvgIpc) is 3.19. The van der Waals surface area contributed by atoms with Gasteiger partial charge in [0.1, 0.15) is 11.5 Å². The highest BCUT2D eigenvalue weighted by Crippen LogP contribution is 2.23. The predicted molar refractivity (Wildman–Crippen MR) is 84.8 cm³/mol. The molecular formula is C15H19N3O4S. The number of aryl methyl sites for hydroxylation is 1. The fourth-order valence-electron chi connectivity index (χ4n) is 2.87. The van der Waals surface area contributed by atoms with E-state index in [0.717, 1.165) is 5.76 Å². The second-order valence-electron chi connectivity index (χ2n) is 5.73.